The van der Waals surface area contributed by atoms with Crippen LogP contribution in [0.25, 0.3) is 0 Å². The van der Waals surface area contributed by atoms with Gasteiger partial charge in [-0.3, -0.25) is 4.79 Å². The molecule has 4 nitrogen and oxygen atoms in total. The van der Waals surface area contributed by atoms with Crippen LogP contribution >= 0.6 is 11.6 Å². The largest absolute Gasteiger partial charge is 0.497 e. The Kier molecular flexibility index (Phi) is 7.23. The van der Waals surface area contributed by atoms with Crippen LogP contribution in [0.3, 0.4) is 0 Å². The normalized spacial score (nSPS) is 11.8. The lowest BCUT2D eigenvalue weighted by Crippen LogP contribution is -2.26. The lowest BCUT2D eigenvalue weighted by Gasteiger charge is -2.18. The molecule has 0 aliphatic carbocycles. The van der Waals surface area contributed by atoms with Crippen LogP contribution in [0.2, 0.25) is 0 Å². The maximum atomic E-state index is 11.8. The quantitative estimate of drug-likeness (QED) is 0.592. The van der Waals surface area contributed by atoms with Crippen molar-refractivity contribution in [3.05, 3.63) is 23.8 Å². The molecule has 20 heavy (non-hydrogen) atoms. The number of methoxy groups -OCH3 is 2. The van der Waals surface area contributed by atoms with Gasteiger partial charge in [0, 0.05) is 23.9 Å². The van der Waals surface area contributed by atoms with E-state index in [1.165, 1.54) is 0 Å². The van der Waals surface area contributed by atoms with Gasteiger partial charge in [0.25, 0.3) is 0 Å². The summed E-state index contributed by atoms with van der Waals surface area (Å²) >= 11 is 5.59. The molecule has 0 bridgehead atoms. The third kappa shape index (κ3) is 4.93. The Morgan fingerprint density at radius 1 is 1.30 bits per heavy atom. The first-order chi connectivity index (χ1) is 9.62. The van der Waals surface area contributed by atoms with Crippen LogP contribution in [0, 0.1) is 0 Å². The minimum absolute atomic E-state index is 0.0282. The Morgan fingerprint density at radius 2 is 2.05 bits per heavy atom. The average Bonchev–Trinajstić information content (AvgIpc) is 2.46. The zero-order valence-corrected chi connectivity index (χ0v) is 13.0. The lowest BCUT2D eigenvalue weighted by atomic mass is 10.1. The summed E-state index contributed by atoms with van der Waals surface area (Å²) in [5.74, 6) is 2.06. The number of amides is 1. The number of carbonyl (C=O) groups is 1. The molecule has 1 amide bonds. The van der Waals surface area contributed by atoms with E-state index < -0.39 is 0 Å². The molecule has 0 spiro atoms. The first-order valence-electron chi connectivity index (χ1n) is 6.69. The first kappa shape index (κ1) is 16.6. The zero-order chi connectivity index (χ0) is 15.0. The fourth-order valence-electron chi connectivity index (χ4n) is 1.95. The third-order valence-corrected chi connectivity index (χ3v) is 3.34. The van der Waals surface area contributed by atoms with Crippen LogP contribution in [0.1, 0.15) is 37.8 Å². The van der Waals surface area contributed by atoms with Crippen molar-refractivity contribution >= 4 is 17.5 Å². The molecule has 1 rings (SSSR count). The first-order valence-corrected chi connectivity index (χ1v) is 7.23. The number of halogens is 1. The SMILES string of the molecule is COc1ccc(C(C)NC(=O)CCCCCl)c(OC)c1. The topological polar surface area (TPSA) is 47.6 Å². The second-order valence-electron chi connectivity index (χ2n) is 4.54. The molecular weight excluding hydrogens is 278 g/mol. The molecule has 1 N–H and O–H groups in total. The van der Waals surface area contributed by atoms with Crippen molar-refractivity contribution < 1.29 is 14.3 Å². The molecule has 1 atom stereocenters. The highest BCUT2D eigenvalue weighted by Gasteiger charge is 2.14. The molecule has 0 saturated carbocycles. The van der Waals surface area contributed by atoms with E-state index in [0.717, 1.165) is 24.2 Å². The second-order valence-corrected chi connectivity index (χ2v) is 4.92. The minimum atomic E-state index is -0.112. The van der Waals surface area contributed by atoms with Gasteiger partial charge in [-0.2, -0.15) is 0 Å². The summed E-state index contributed by atoms with van der Waals surface area (Å²) in [5.41, 5.74) is 0.930. The van der Waals surface area contributed by atoms with Gasteiger partial charge < -0.3 is 14.8 Å². The minimum Gasteiger partial charge on any atom is -0.497 e. The van der Waals surface area contributed by atoms with Crippen molar-refractivity contribution in [3.63, 3.8) is 0 Å². The van der Waals surface area contributed by atoms with Crippen molar-refractivity contribution in [1.82, 2.24) is 5.32 Å². The van der Waals surface area contributed by atoms with Crippen molar-refractivity contribution in [2.45, 2.75) is 32.2 Å². The maximum Gasteiger partial charge on any atom is 0.220 e. The van der Waals surface area contributed by atoms with Gasteiger partial charge in [0.05, 0.1) is 20.3 Å². The number of alkyl halides is 1. The predicted molar refractivity (Wildman–Crippen MR) is 80.7 cm³/mol. The van der Waals surface area contributed by atoms with Gasteiger partial charge in [0.1, 0.15) is 11.5 Å². The van der Waals surface area contributed by atoms with E-state index in [0.29, 0.717) is 18.1 Å². The zero-order valence-electron chi connectivity index (χ0n) is 12.2. The Hall–Kier alpha value is -1.42. The molecule has 1 aromatic carbocycles. The average molecular weight is 300 g/mol. The Balaban J connectivity index is 2.66. The molecule has 0 fully saturated rings. The number of nitrogens with one attached hydrogen (secondary N) is 1. The van der Waals surface area contributed by atoms with E-state index in [9.17, 15) is 4.79 Å². The Morgan fingerprint density at radius 3 is 2.65 bits per heavy atom. The van der Waals surface area contributed by atoms with Gasteiger partial charge in [0.2, 0.25) is 5.91 Å². The smallest absolute Gasteiger partial charge is 0.220 e. The summed E-state index contributed by atoms with van der Waals surface area (Å²) in [7, 11) is 3.21. The molecule has 1 unspecified atom stereocenters. The summed E-state index contributed by atoms with van der Waals surface area (Å²) in [4.78, 5) is 11.8. The summed E-state index contributed by atoms with van der Waals surface area (Å²) in [6, 6.07) is 5.46. The van der Waals surface area contributed by atoms with E-state index in [1.54, 1.807) is 14.2 Å². The summed E-state index contributed by atoms with van der Waals surface area (Å²) in [6.07, 6.45) is 2.16. The molecule has 0 aliphatic rings. The summed E-state index contributed by atoms with van der Waals surface area (Å²) in [5, 5.41) is 2.96. The van der Waals surface area contributed by atoms with E-state index in [1.807, 2.05) is 25.1 Å². The van der Waals surface area contributed by atoms with Crippen molar-refractivity contribution in [2.24, 2.45) is 0 Å². The van der Waals surface area contributed by atoms with Gasteiger partial charge in [-0.25, -0.2) is 0 Å². The number of carbonyl (C=O) groups excluding carboxylic acids is 1. The lowest BCUT2D eigenvalue weighted by molar-refractivity contribution is -0.121. The highest BCUT2D eigenvalue weighted by molar-refractivity contribution is 6.17. The number of rotatable bonds is 8. The second kappa shape index (κ2) is 8.69. The monoisotopic (exact) mass is 299 g/mol. The fourth-order valence-corrected chi connectivity index (χ4v) is 2.14. The van der Waals surface area contributed by atoms with E-state index in [4.69, 9.17) is 21.1 Å². The molecule has 0 saturated heterocycles. The molecule has 1 aromatic rings. The van der Waals surface area contributed by atoms with Gasteiger partial charge in [-0.15, -0.1) is 11.6 Å². The van der Waals surface area contributed by atoms with Crippen LogP contribution in [-0.4, -0.2) is 26.0 Å². The van der Waals surface area contributed by atoms with Crippen molar-refractivity contribution in [3.8, 4) is 11.5 Å². The highest BCUT2D eigenvalue weighted by atomic mass is 35.5. The molecule has 5 heteroatoms. The third-order valence-electron chi connectivity index (χ3n) is 3.07. The van der Waals surface area contributed by atoms with E-state index in [-0.39, 0.29) is 11.9 Å². The number of hydrogen-bond acceptors (Lipinski definition) is 3. The number of ether oxygens (including phenoxy) is 2. The highest BCUT2D eigenvalue weighted by Crippen LogP contribution is 2.29. The molecule has 0 radical (unpaired) electrons. The Bertz CT molecular complexity index is 437. The van der Waals surface area contributed by atoms with Gasteiger partial charge in [-0.05, 0) is 31.9 Å². The van der Waals surface area contributed by atoms with Crippen LogP contribution in [0.5, 0.6) is 11.5 Å². The molecule has 0 heterocycles. The molecular formula is C15H22ClNO3. The number of hydrogen-bond donors (Lipinski definition) is 1. The predicted octanol–water partition coefficient (Wildman–Crippen LogP) is 3.29. The van der Waals surface area contributed by atoms with Crippen LogP contribution in [-0.2, 0) is 4.79 Å². The molecule has 0 aliphatic heterocycles. The van der Waals surface area contributed by atoms with Gasteiger partial charge in [0.15, 0.2) is 0 Å². The number of unbranched alkanes of at least 4 members (excludes halogenated alkanes) is 1. The molecule has 112 valence electrons. The van der Waals surface area contributed by atoms with Crippen molar-refractivity contribution in [1.29, 1.82) is 0 Å². The van der Waals surface area contributed by atoms with Gasteiger partial charge >= 0.3 is 0 Å². The van der Waals surface area contributed by atoms with Crippen LogP contribution in [0.15, 0.2) is 18.2 Å². The van der Waals surface area contributed by atoms with Crippen LogP contribution in [0.4, 0.5) is 0 Å². The Labute approximate surface area is 125 Å². The van der Waals surface area contributed by atoms with Crippen LogP contribution < -0.4 is 14.8 Å². The van der Waals surface area contributed by atoms with Gasteiger partial charge in [-0.1, -0.05) is 0 Å². The summed E-state index contributed by atoms with van der Waals surface area (Å²) in [6.45, 7) is 1.93. The number of benzene rings is 1. The maximum absolute atomic E-state index is 11.8. The standard InChI is InChI=1S/C15H22ClNO3/c1-11(17-15(18)6-4-5-9-16)13-8-7-12(19-2)10-14(13)20-3/h7-8,10-11H,4-6,9H2,1-3H3,(H,17,18). The summed E-state index contributed by atoms with van der Waals surface area (Å²) < 4.78 is 10.5. The fraction of sp³-hybridized carbons (Fsp3) is 0.533. The van der Waals surface area contributed by atoms with Crippen molar-refractivity contribution in [2.75, 3.05) is 20.1 Å². The van der Waals surface area contributed by atoms with E-state index >= 15 is 0 Å². The van der Waals surface area contributed by atoms with E-state index in [2.05, 4.69) is 5.32 Å². The molecule has 0 aromatic heterocycles.